The summed E-state index contributed by atoms with van der Waals surface area (Å²) in [5, 5.41) is 2.97. The Morgan fingerprint density at radius 2 is 1.74 bits per heavy atom. The number of ether oxygens (including phenoxy) is 1. The molecule has 3 aromatic carbocycles. The third-order valence-electron chi connectivity index (χ3n) is 5.32. The number of carbonyl (C=O) groups excluding carboxylic acids is 1. The molecule has 1 heterocycles. The van der Waals surface area contributed by atoms with Gasteiger partial charge in [-0.1, -0.05) is 36.4 Å². The highest BCUT2D eigenvalue weighted by molar-refractivity contribution is 7.98. The van der Waals surface area contributed by atoms with Gasteiger partial charge in [-0.15, -0.1) is 11.8 Å². The topological polar surface area (TPSA) is 103 Å². The van der Waals surface area contributed by atoms with E-state index in [2.05, 4.69) is 22.4 Å². The molecule has 7 heteroatoms. The van der Waals surface area contributed by atoms with E-state index < -0.39 is 0 Å². The summed E-state index contributed by atoms with van der Waals surface area (Å²) in [4.78, 5) is 18.5. The zero-order valence-corrected chi connectivity index (χ0v) is 19.6. The Bertz CT molecular complexity index is 1280. The smallest absolute Gasteiger partial charge is 0.256 e. The van der Waals surface area contributed by atoms with Gasteiger partial charge >= 0.3 is 0 Å². The van der Waals surface area contributed by atoms with Crippen molar-refractivity contribution in [1.29, 1.82) is 0 Å². The Balaban J connectivity index is 1.47. The maximum absolute atomic E-state index is 13.2. The first kappa shape index (κ1) is 23.2. The number of nitrogen functional groups attached to an aromatic ring is 2. The van der Waals surface area contributed by atoms with Gasteiger partial charge in [0.1, 0.15) is 11.6 Å². The lowest BCUT2D eigenvalue weighted by Crippen LogP contribution is -2.14. The van der Waals surface area contributed by atoms with Crippen LogP contribution >= 0.6 is 11.8 Å². The molecule has 0 bridgehead atoms. The molecule has 4 aromatic rings. The molecule has 172 valence electrons. The van der Waals surface area contributed by atoms with Crippen LogP contribution in [0.5, 0.6) is 5.75 Å². The second kappa shape index (κ2) is 10.8. The van der Waals surface area contributed by atoms with Crippen molar-refractivity contribution < 1.29 is 9.53 Å². The summed E-state index contributed by atoms with van der Waals surface area (Å²) in [5.41, 5.74) is 15.8. The standard InChI is InChI=1S/C27H26N4O2S/c1-34-21-11-12-22(25-14-13-24(28)26(29)31-25)23(17-21)27(32)30-19-7-9-20(10-8-19)33-16-15-18-5-3-2-4-6-18/h2-14,17H,15-16,28H2,1H3,(H2,29,31)(H,30,32). The van der Waals surface area contributed by atoms with Crippen LogP contribution in [0, 0.1) is 0 Å². The average molecular weight is 471 g/mol. The summed E-state index contributed by atoms with van der Waals surface area (Å²) in [6.45, 7) is 0.582. The summed E-state index contributed by atoms with van der Waals surface area (Å²) >= 11 is 1.56. The molecular weight excluding hydrogens is 444 g/mol. The molecule has 0 radical (unpaired) electrons. The van der Waals surface area contributed by atoms with Crippen LogP contribution in [0.15, 0.2) is 89.8 Å². The number of amides is 1. The van der Waals surface area contributed by atoms with Crippen molar-refractivity contribution in [1.82, 2.24) is 4.98 Å². The van der Waals surface area contributed by atoms with Gasteiger partial charge in [0.15, 0.2) is 0 Å². The number of hydrogen-bond acceptors (Lipinski definition) is 6. The highest BCUT2D eigenvalue weighted by Crippen LogP contribution is 2.29. The fraction of sp³-hybridized carbons (Fsp3) is 0.111. The zero-order valence-electron chi connectivity index (χ0n) is 18.8. The predicted molar refractivity (Wildman–Crippen MR) is 140 cm³/mol. The third kappa shape index (κ3) is 5.68. The van der Waals surface area contributed by atoms with Crippen LogP contribution in [-0.2, 0) is 6.42 Å². The number of benzene rings is 3. The Labute approximate surface area is 203 Å². The van der Waals surface area contributed by atoms with E-state index in [1.807, 2.05) is 66.9 Å². The number of rotatable bonds is 8. The molecule has 34 heavy (non-hydrogen) atoms. The van der Waals surface area contributed by atoms with Gasteiger partial charge in [-0.25, -0.2) is 4.98 Å². The predicted octanol–water partition coefficient (Wildman–Crippen LogP) is 5.51. The van der Waals surface area contributed by atoms with Gasteiger partial charge in [0, 0.05) is 22.6 Å². The lowest BCUT2D eigenvalue weighted by molar-refractivity contribution is 0.102. The fourth-order valence-electron chi connectivity index (χ4n) is 3.46. The largest absolute Gasteiger partial charge is 0.493 e. The monoisotopic (exact) mass is 470 g/mol. The summed E-state index contributed by atoms with van der Waals surface area (Å²) in [6.07, 6.45) is 2.80. The van der Waals surface area contributed by atoms with Gasteiger partial charge < -0.3 is 21.5 Å². The molecule has 4 rings (SSSR count). The summed E-state index contributed by atoms with van der Waals surface area (Å²) in [6, 6.07) is 26.7. The van der Waals surface area contributed by atoms with Gasteiger partial charge in [0.2, 0.25) is 0 Å². The SMILES string of the molecule is CSc1ccc(-c2ccc(N)c(N)n2)c(C(=O)Nc2ccc(OCCc3ccccc3)cc2)c1. The Kier molecular flexibility index (Phi) is 7.34. The molecule has 0 unspecified atom stereocenters. The number of nitrogens with two attached hydrogens (primary N) is 2. The molecule has 0 spiro atoms. The second-order valence-electron chi connectivity index (χ2n) is 7.65. The zero-order chi connectivity index (χ0) is 23.9. The molecule has 1 aromatic heterocycles. The molecule has 0 fully saturated rings. The van der Waals surface area contributed by atoms with E-state index in [-0.39, 0.29) is 11.7 Å². The van der Waals surface area contributed by atoms with E-state index in [9.17, 15) is 4.79 Å². The van der Waals surface area contributed by atoms with Crippen molar-refractivity contribution in [2.24, 2.45) is 0 Å². The van der Waals surface area contributed by atoms with E-state index in [4.69, 9.17) is 16.2 Å². The van der Waals surface area contributed by atoms with Crippen LogP contribution in [0.2, 0.25) is 0 Å². The van der Waals surface area contributed by atoms with E-state index in [0.717, 1.165) is 17.1 Å². The first-order chi connectivity index (χ1) is 16.5. The van der Waals surface area contributed by atoms with Crippen LogP contribution in [0.1, 0.15) is 15.9 Å². The number of aromatic nitrogens is 1. The van der Waals surface area contributed by atoms with Crippen LogP contribution in [-0.4, -0.2) is 23.8 Å². The Morgan fingerprint density at radius 1 is 0.971 bits per heavy atom. The number of carbonyl (C=O) groups is 1. The van der Waals surface area contributed by atoms with Crippen LogP contribution in [0.3, 0.4) is 0 Å². The summed E-state index contributed by atoms with van der Waals surface area (Å²) < 4.78 is 5.84. The molecule has 0 aliphatic heterocycles. The lowest BCUT2D eigenvalue weighted by Gasteiger charge is -2.13. The van der Waals surface area contributed by atoms with Crippen molar-refractivity contribution >= 4 is 34.9 Å². The van der Waals surface area contributed by atoms with Crippen LogP contribution < -0.4 is 21.5 Å². The van der Waals surface area contributed by atoms with E-state index in [1.165, 1.54) is 5.56 Å². The maximum atomic E-state index is 13.2. The molecule has 0 atom stereocenters. The van der Waals surface area contributed by atoms with Crippen molar-refractivity contribution in [3.05, 3.63) is 96.1 Å². The highest BCUT2D eigenvalue weighted by atomic mass is 32.2. The minimum absolute atomic E-state index is 0.235. The summed E-state index contributed by atoms with van der Waals surface area (Å²) in [5.74, 6) is 0.752. The van der Waals surface area contributed by atoms with Gasteiger partial charge in [0.05, 0.1) is 23.6 Å². The molecule has 5 N–H and O–H groups in total. The first-order valence-electron chi connectivity index (χ1n) is 10.8. The Hall–Kier alpha value is -3.97. The number of nitrogens with one attached hydrogen (secondary N) is 1. The van der Waals surface area contributed by atoms with Gasteiger partial charge in [0.25, 0.3) is 5.91 Å². The normalized spacial score (nSPS) is 10.6. The number of pyridine rings is 1. The first-order valence-corrected chi connectivity index (χ1v) is 12.0. The van der Waals surface area contributed by atoms with Crippen molar-refractivity contribution in [2.45, 2.75) is 11.3 Å². The van der Waals surface area contributed by atoms with Gasteiger partial charge in [-0.3, -0.25) is 4.79 Å². The minimum Gasteiger partial charge on any atom is -0.493 e. The van der Waals surface area contributed by atoms with Crippen LogP contribution in [0.25, 0.3) is 11.3 Å². The van der Waals surface area contributed by atoms with Crippen LogP contribution in [0.4, 0.5) is 17.2 Å². The van der Waals surface area contributed by atoms with E-state index in [0.29, 0.717) is 34.8 Å². The van der Waals surface area contributed by atoms with E-state index >= 15 is 0 Å². The average Bonchev–Trinajstić information content (AvgIpc) is 2.87. The van der Waals surface area contributed by atoms with Gasteiger partial charge in [-0.2, -0.15) is 0 Å². The Morgan fingerprint density at radius 3 is 2.44 bits per heavy atom. The third-order valence-corrected chi connectivity index (χ3v) is 6.04. The molecule has 0 aliphatic rings. The van der Waals surface area contributed by atoms with Gasteiger partial charge in [-0.05, 0) is 60.4 Å². The number of hydrogen-bond donors (Lipinski definition) is 3. The molecule has 0 saturated carbocycles. The minimum atomic E-state index is -0.235. The van der Waals surface area contributed by atoms with Crippen molar-refractivity contribution in [3.8, 4) is 17.0 Å². The highest BCUT2D eigenvalue weighted by Gasteiger charge is 2.16. The fourth-order valence-corrected chi connectivity index (χ4v) is 3.90. The number of nitrogens with zero attached hydrogens (tertiary/aromatic N) is 1. The molecule has 6 nitrogen and oxygen atoms in total. The maximum Gasteiger partial charge on any atom is 0.256 e. The van der Waals surface area contributed by atoms with Crippen molar-refractivity contribution in [2.75, 3.05) is 29.6 Å². The van der Waals surface area contributed by atoms with Crippen molar-refractivity contribution in [3.63, 3.8) is 0 Å². The molecule has 0 aliphatic carbocycles. The molecule has 1 amide bonds. The second-order valence-corrected chi connectivity index (χ2v) is 8.52. The summed E-state index contributed by atoms with van der Waals surface area (Å²) in [7, 11) is 0. The quantitative estimate of drug-likeness (QED) is 0.294. The molecule has 0 saturated heterocycles. The number of thioether (sulfide) groups is 1. The van der Waals surface area contributed by atoms with E-state index in [1.54, 1.807) is 23.9 Å². The number of anilines is 3. The molecular formula is C27H26N4O2S. The lowest BCUT2D eigenvalue weighted by atomic mass is 10.0.